The fourth-order valence-electron chi connectivity index (χ4n) is 4.91. The molecule has 0 saturated carbocycles. The number of carbonyl (C=O) groups excluding carboxylic acids is 2. The third kappa shape index (κ3) is 7.64. The SMILES string of the molecule is CC(C)n1ccc(NC(=O)c2cc(N3CCCCC3)ccc2NC(=O)c2cccc(CSc3ccc(C(=O)O)cc3)c2)n1. The summed E-state index contributed by atoms with van der Waals surface area (Å²) in [7, 11) is 0. The lowest BCUT2D eigenvalue weighted by Crippen LogP contribution is -2.29. The summed E-state index contributed by atoms with van der Waals surface area (Å²) < 4.78 is 1.78. The number of piperidine rings is 1. The summed E-state index contributed by atoms with van der Waals surface area (Å²) in [5.41, 5.74) is 3.40. The molecule has 1 aliphatic rings. The van der Waals surface area contributed by atoms with E-state index in [-0.39, 0.29) is 23.4 Å². The van der Waals surface area contributed by atoms with Crippen LogP contribution < -0.4 is 15.5 Å². The minimum absolute atomic E-state index is 0.162. The van der Waals surface area contributed by atoms with E-state index < -0.39 is 5.97 Å². The lowest BCUT2D eigenvalue weighted by atomic mass is 10.1. The molecule has 10 heteroatoms. The number of anilines is 3. The van der Waals surface area contributed by atoms with Crippen LogP contribution in [0.3, 0.4) is 0 Å². The third-order valence-electron chi connectivity index (χ3n) is 7.29. The van der Waals surface area contributed by atoms with Gasteiger partial charge in [0.1, 0.15) is 0 Å². The summed E-state index contributed by atoms with van der Waals surface area (Å²) in [6.45, 7) is 5.89. The normalized spacial score (nSPS) is 13.1. The zero-order valence-electron chi connectivity index (χ0n) is 24.2. The highest BCUT2D eigenvalue weighted by atomic mass is 32.2. The summed E-state index contributed by atoms with van der Waals surface area (Å²) in [6, 6.07) is 21.6. The Bertz CT molecular complexity index is 1610. The fraction of sp³-hybridized carbons (Fsp3) is 0.273. The number of benzene rings is 3. The molecule has 3 aromatic carbocycles. The Balaban J connectivity index is 1.33. The van der Waals surface area contributed by atoms with Crippen molar-refractivity contribution < 1.29 is 19.5 Å². The van der Waals surface area contributed by atoms with E-state index >= 15 is 0 Å². The second kappa shape index (κ2) is 13.6. The lowest BCUT2D eigenvalue weighted by molar-refractivity contribution is 0.0696. The standard InChI is InChI=1S/C33H35N5O4S/c1-22(2)38-18-15-30(36-38)35-32(40)28-20-26(37-16-4-3-5-17-37)11-14-29(28)34-31(39)25-8-6-7-23(19-25)21-43-27-12-9-24(10-13-27)33(41)42/h6-15,18-20,22H,3-5,16-17,21H2,1-2H3,(H,34,39)(H,41,42)(H,35,36,40). The number of carboxylic acid groups (broad SMARTS) is 1. The first kappa shape index (κ1) is 29.9. The lowest BCUT2D eigenvalue weighted by Gasteiger charge is -2.29. The molecule has 0 atom stereocenters. The molecular formula is C33H35N5O4S. The molecule has 0 radical (unpaired) electrons. The number of carboxylic acids is 1. The highest BCUT2D eigenvalue weighted by Gasteiger charge is 2.20. The zero-order chi connectivity index (χ0) is 30.3. The van der Waals surface area contributed by atoms with Gasteiger partial charge in [0.2, 0.25) is 0 Å². The smallest absolute Gasteiger partial charge is 0.335 e. The Kier molecular flexibility index (Phi) is 9.46. The van der Waals surface area contributed by atoms with Gasteiger partial charge >= 0.3 is 5.97 Å². The maximum atomic E-state index is 13.5. The zero-order valence-corrected chi connectivity index (χ0v) is 25.1. The van der Waals surface area contributed by atoms with Crippen molar-refractivity contribution in [3.05, 3.63) is 101 Å². The highest BCUT2D eigenvalue weighted by molar-refractivity contribution is 7.98. The van der Waals surface area contributed by atoms with Gasteiger partial charge in [-0.2, -0.15) is 5.10 Å². The fourth-order valence-corrected chi connectivity index (χ4v) is 5.75. The predicted octanol–water partition coefficient (Wildman–Crippen LogP) is 6.95. The summed E-state index contributed by atoms with van der Waals surface area (Å²) in [6.07, 6.45) is 5.23. The van der Waals surface area contributed by atoms with Crippen LogP contribution in [-0.2, 0) is 5.75 Å². The van der Waals surface area contributed by atoms with Gasteiger partial charge in [0.05, 0.1) is 16.8 Å². The van der Waals surface area contributed by atoms with Gasteiger partial charge in [0, 0.05) is 53.3 Å². The first-order valence-corrected chi connectivity index (χ1v) is 15.4. The van der Waals surface area contributed by atoms with E-state index in [4.69, 9.17) is 5.11 Å². The molecule has 0 aliphatic carbocycles. The van der Waals surface area contributed by atoms with Crippen LogP contribution in [0.1, 0.15) is 75.8 Å². The molecule has 0 unspecified atom stereocenters. The van der Waals surface area contributed by atoms with E-state index in [9.17, 15) is 14.4 Å². The molecule has 2 heterocycles. The molecule has 0 spiro atoms. The number of nitrogens with zero attached hydrogens (tertiary/aromatic N) is 3. The Morgan fingerprint density at radius 2 is 1.65 bits per heavy atom. The van der Waals surface area contributed by atoms with Crippen molar-refractivity contribution in [2.45, 2.75) is 49.8 Å². The number of rotatable bonds is 10. The monoisotopic (exact) mass is 597 g/mol. The first-order valence-electron chi connectivity index (χ1n) is 14.4. The van der Waals surface area contributed by atoms with Crippen LogP contribution in [0.25, 0.3) is 0 Å². The number of hydrogen-bond donors (Lipinski definition) is 3. The largest absolute Gasteiger partial charge is 0.478 e. The van der Waals surface area contributed by atoms with Crippen molar-refractivity contribution in [3.63, 3.8) is 0 Å². The second-order valence-corrected chi connectivity index (χ2v) is 11.8. The van der Waals surface area contributed by atoms with Gasteiger partial charge in [-0.1, -0.05) is 12.1 Å². The Morgan fingerprint density at radius 1 is 0.884 bits per heavy atom. The van der Waals surface area contributed by atoms with E-state index in [0.717, 1.165) is 42.1 Å². The Morgan fingerprint density at radius 3 is 2.35 bits per heavy atom. The molecular weight excluding hydrogens is 562 g/mol. The van der Waals surface area contributed by atoms with Crippen LogP contribution in [0.4, 0.5) is 17.2 Å². The number of hydrogen-bond acceptors (Lipinski definition) is 6. The minimum atomic E-state index is -0.959. The second-order valence-electron chi connectivity index (χ2n) is 10.8. The van der Waals surface area contributed by atoms with Gasteiger partial charge in [-0.05, 0) is 93.3 Å². The molecule has 1 saturated heterocycles. The summed E-state index contributed by atoms with van der Waals surface area (Å²) in [5, 5.41) is 19.4. The van der Waals surface area contributed by atoms with Crippen LogP contribution in [0.15, 0.2) is 83.9 Å². The van der Waals surface area contributed by atoms with Gasteiger partial charge in [-0.25, -0.2) is 4.79 Å². The van der Waals surface area contributed by atoms with Crippen LogP contribution in [0.5, 0.6) is 0 Å². The van der Waals surface area contributed by atoms with Crippen molar-refractivity contribution in [1.29, 1.82) is 0 Å². The molecule has 1 fully saturated rings. The van der Waals surface area contributed by atoms with Gasteiger partial charge in [-0.3, -0.25) is 14.3 Å². The summed E-state index contributed by atoms with van der Waals surface area (Å²) >= 11 is 1.55. The van der Waals surface area contributed by atoms with E-state index in [1.54, 1.807) is 58.9 Å². The number of nitrogens with one attached hydrogen (secondary N) is 2. The Labute approximate surface area is 255 Å². The Hall–Kier alpha value is -4.57. The van der Waals surface area contributed by atoms with E-state index in [2.05, 4.69) is 20.6 Å². The third-order valence-corrected chi connectivity index (χ3v) is 8.38. The summed E-state index contributed by atoms with van der Waals surface area (Å²) in [4.78, 5) is 41.3. The molecule has 0 bridgehead atoms. The van der Waals surface area contributed by atoms with Crippen molar-refractivity contribution in [2.24, 2.45) is 0 Å². The molecule has 43 heavy (non-hydrogen) atoms. The molecule has 1 aliphatic heterocycles. The number of aromatic nitrogens is 2. The highest BCUT2D eigenvalue weighted by Crippen LogP contribution is 2.28. The van der Waals surface area contributed by atoms with Crippen molar-refractivity contribution in [3.8, 4) is 0 Å². The molecule has 4 aromatic rings. The van der Waals surface area contributed by atoms with Gasteiger partial charge in [0.25, 0.3) is 11.8 Å². The van der Waals surface area contributed by atoms with Crippen LogP contribution >= 0.6 is 11.8 Å². The maximum Gasteiger partial charge on any atom is 0.335 e. The average molecular weight is 598 g/mol. The van der Waals surface area contributed by atoms with E-state index in [1.165, 1.54) is 6.42 Å². The number of amides is 2. The van der Waals surface area contributed by atoms with Gasteiger partial charge in [-0.15, -0.1) is 11.8 Å². The molecule has 9 nitrogen and oxygen atoms in total. The average Bonchev–Trinajstić information content (AvgIpc) is 3.50. The van der Waals surface area contributed by atoms with Crippen molar-refractivity contribution in [1.82, 2.24) is 9.78 Å². The molecule has 5 rings (SSSR count). The van der Waals surface area contributed by atoms with E-state index in [0.29, 0.717) is 28.4 Å². The van der Waals surface area contributed by atoms with E-state index in [1.807, 2.05) is 50.4 Å². The molecule has 1 aromatic heterocycles. The quantitative estimate of drug-likeness (QED) is 0.169. The number of carbonyl (C=O) groups is 3. The maximum absolute atomic E-state index is 13.5. The van der Waals surface area contributed by atoms with Crippen molar-refractivity contribution in [2.75, 3.05) is 28.6 Å². The van der Waals surface area contributed by atoms with Crippen LogP contribution in [-0.4, -0.2) is 45.8 Å². The molecule has 3 N–H and O–H groups in total. The topological polar surface area (TPSA) is 117 Å². The predicted molar refractivity (Wildman–Crippen MR) is 170 cm³/mol. The minimum Gasteiger partial charge on any atom is -0.478 e. The first-order chi connectivity index (χ1) is 20.8. The van der Waals surface area contributed by atoms with Crippen molar-refractivity contribution >= 4 is 46.7 Å². The number of aromatic carboxylic acids is 1. The van der Waals surface area contributed by atoms with Crippen LogP contribution in [0.2, 0.25) is 0 Å². The number of thioether (sulfide) groups is 1. The molecule has 222 valence electrons. The van der Waals surface area contributed by atoms with Gasteiger partial charge < -0.3 is 20.6 Å². The molecule has 2 amide bonds. The van der Waals surface area contributed by atoms with Gasteiger partial charge in [0.15, 0.2) is 5.82 Å². The van der Waals surface area contributed by atoms with Crippen LogP contribution in [0, 0.1) is 0 Å². The summed E-state index contributed by atoms with van der Waals surface area (Å²) in [5.74, 6) is -0.570.